The van der Waals surface area contributed by atoms with E-state index >= 15 is 0 Å². The Bertz CT molecular complexity index is 170. The molecule has 0 spiro atoms. The van der Waals surface area contributed by atoms with Gasteiger partial charge in [0, 0.05) is 12.5 Å². The normalized spacial score (nSPS) is 27.0. The molecule has 1 heterocycles. The fourth-order valence-corrected chi connectivity index (χ4v) is 1.23. The van der Waals surface area contributed by atoms with Crippen molar-refractivity contribution in [3.63, 3.8) is 0 Å². The molecule has 0 aromatic carbocycles. The maximum absolute atomic E-state index is 10.1. The van der Waals surface area contributed by atoms with Crippen LogP contribution in [0.1, 0.15) is 12.8 Å². The number of hydrogen-bond donors (Lipinski definition) is 0. The van der Waals surface area contributed by atoms with E-state index in [1.54, 1.807) is 0 Å². The van der Waals surface area contributed by atoms with E-state index in [0.29, 0.717) is 6.61 Å². The van der Waals surface area contributed by atoms with Gasteiger partial charge >= 0.3 is 0 Å². The second-order valence-electron chi connectivity index (χ2n) is 2.66. The molecule has 4 nitrogen and oxygen atoms in total. The first-order chi connectivity index (χ1) is 5.38. The minimum atomic E-state index is -0.713. The number of hydrogen-bond acceptors (Lipinski definition) is 4. The Hall–Kier alpha value is -0.950. The van der Waals surface area contributed by atoms with Crippen LogP contribution in [-0.2, 0) is 4.74 Å². The Morgan fingerprint density at radius 2 is 2.55 bits per heavy atom. The molecule has 0 amide bonds. The quantitative estimate of drug-likeness (QED) is 0.559. The lowest BCUT2D eigenvalue weighted by molar-refractivity contribution is 0.0513. The maximum atomic E-state index is 10.1. The Morgan fingerprint density at radius 1 is 1.73 bits per heavy atom. The summed E-state index contributed by atoms with van der Waals surface area (Å²) in [5.41, 5.74) is 0. The first kappa shape index (κ1) is 8.15. The first-order valence-corrected chi connectivity index (χ1v) is 3.68. The summed E-state index contributed by atoms with van der Waals surface area (Å²) in [6.07, 6.45) is 1.81. The predicted molar refractivity (Wildman–Crippen MR) is 38.7 cm³/mol. The maximum Gasteiger partial charge on any atom is 0.183 e. The van der Waals surface area contributed by atoms with E-state index < -0.39 is 6.04 Å². The average molecular weight is 154 g/mol. The molecule has 1 aliphatic heterocycles. The molecule has 0 N–H and O–H groups in total. The molecule has 11 heavy (non-hydrogen) atoms. The van der Waals surface area contributed by atoms with Gasteiger partial charge < -0.3 is 4.74 Å². The summed E-state index contributed by atoms with van der Waals surface area (Å²) >= 11 is 0. The molecule has 1 aliphatic rings. The highest BCUT2D eigenvalue weighted by atomic mass is 16.5. The van der Waals surface area contributed by atoms with Crippen molar-refractivity contribution in [3.05, 3.63) is 4.91 Å². The highest BCUT2D eigenvalue weighted by molar-refractivity contribution is 4.95. The second kappa shape index (κ2) is 4.04. The summed E-state index contributed by atoms with van der Waals surface area (Å²) in [7, 11) is 0. The lowest BCUT2D eigenvalue weighted by Gasteiger charge is -2.21. The minimum Gasteiger partial charge on any atom is -0.381 e. The smallest absolute Gasteiger partial charge is 0.183 e. The van der Waals surface area contributed by atoms with Gasteiger partial charge in [0.25, 0.3) is 0 Å². The summed E-state index contributed by atoms with van der Waals surface area (Å²) in [6, 6.07) is 1.15. The summed E-state index contributed by atoms with van der Waals surface area (Å²) < 4.78 is 5.12. The van der Waals surface area contributed by atoms with Gasteiger partial charge in [0.1, 0.15) is 0 Å². The molecule has 4 heteroatoms. The Labute approximate surface area is 65.1 Å². The molecule has 0 radical (unpaired) electrons. The second-order valence-corrected chi connectivity index (χ2v) is 2.66. The largest absolute Gasteiger partial charge is 0.381 e. The molecule has 1 saturated heterocycles. The average Bonchev–Trinajstić information content (AvgIpc) is 2.09. The fraction of sp³-hybridized carbons (Fsp3) is 0.857. The number of ether oxygens (including phenoxy) is 1. The Morgan fingerprint density at radius 3 is 3.00 bits per heavy atom. The van der Waals surface area contributed by atoms with Crippen LogP contribution in [0.3, 0.4) is 0 Å². The predicted octanol–water partition coefficient (Wildman–Crippen LogP) is 1.07. The van der Waals surface area contributed by atoms with Crippen molar-refractivity contribution < 1.29 is 4.74 Å². The molecule has 60 valence electrons. The SMILES string of the molecule is N#CC(N=O)C1CCCOC1. The molecule has 0 aromatic rings. The third kappa shape index (κ3) is 1.99. The molecule has 1 fully saturated rings. The van der Waals surface area contributed by atoms with Crippen LogP contribution in [-0.4, -0.2) is 19.3 Å². The van der Waals surface area contributed by atoms with Gasteiger partial charge in [-0.25, -0.2) is 0 Å². The van der Waals surface area contributed by atoms with Crippen molar-refractivity contribution >= 4 is 0 Å². The van der Waals surface area contributed by atoms with Gasteiger partial charge in [-0.15, -0.1) is 4.91 Å². The van der Waals surface area contributed by atoms with Gasteiger partial charge in [-0.1, -0.05) is 5.18 Å². The third-order valence-corrected chi connectivity index (χ3v) is 1.89. The minimum absolute atomic E-state index is 0.0197. The molecule has 2 atom stereocenters. The summed E-state index contributed by atoms with van der Waals surface area (Å²) in [5.74, 6) is 0.0197. The topological polar surface area (TPSA) is 62.5 Å². The van der Waals surface area contributed by atoms with Crippen molar-refractivity contribution in [2.45, 2.75) is 18.9 Å². The Balaban J connectivity index is 2.44. The van der Waals surface area contributed by atoms with Crippen molar-refractivity contribution in [3.8, 4) is 6.07 Å². The van der Waals surface area contributed by atoms with E-state index in [1.807, 2.05) is 6.07 Å². The molecular weight excluding hydrogens is 144 g/mol. The van der Waals surface area contributed by atoms with Crippen molar-refractivity contribution in [2.75, 3.05) is 13.2 Å². The van der Waals surface area contributed by atoms with E-state index in [4.69, 9.17) is 10.00 Å². The third-order valence-electron chi connectivity index (χ3n) is 1.89. The molecule has 0 saturated carbocycles. The van der Waals surface area contributed by atoms with Gasteiger partial charge in [0.05, 0.1) is 12.7 Å². The number of nitriles is 1. The molecular formula is C7H10N2O2. The van der Waals surface area contributed by atoms with E-state index in [1.165, 1.54) is 0 Å². The summed E-state index contributed by atoms with van der Waals surface area (Å²) in [5, 5.41) is 11.2. The van der Waals surface area contributed by atoms with Crippen LogP contribution in [0.15, 0.2) is 5.18 Å². The lowest BCUT2D eigenvalue weighted by Crippen LogP contribution is -2.26. The van der Waals surface area contributed by atoms with E-state index in [2.05, 4.69) is 5.18 Å². The van der Waals surface area contributed by atoms with Gasteiger partial charge in [0.15, 0.2) is 6.04 Å². The molecule has 2 unspecified atom stereocenters. The van der Waals surface area contributed by atoms with Crippen LogP contribution >= 0.6 is 0 Å². The highest BCUT2D eigenvalue weighted by Crippen LogP contribution is 2.18. The number of rotatable bonds is 2. The zero-order chi connectivity index (χ0) is 8.10. The number of nitrogens with zero attached hydrogens (tertiary/aromatic N) is 2. The summed E-state index contributed by atoms with van der Waals surface area (Å²) in [6.45, 7) is 1.25. The van der Waals surface area contributed by atoms with E-state index in [-0.39, 0.29) is 5.92 Å². The van der Waals surface area contributed by atoms with Crippen molar-refractivity contribution in [1.82, 2.24) is 0 Å². The molecule has 0 aliphatic carbocycles. The first-order valence-electron chi connectivity index (χ1n) is 3.68. The van der Waals surface area contributed by atoms with Crippen molar-refractivity contribution in [2.24, 2.45) is 11.1 Å². The van der Waals surface area contributed by atoms with Crippen LogP contribution in [0.5, 0.6) is 0 Å². The Kier molecular flexibility index (Phi) is 2.99. The molecule has 1 rings (SSSR count). The van der Waals surface area contributed by atoms with E-state index in [9.17, 15) is 4.91 Å². The monoisotopic (exact) mass is 154 g/mol. The fourth-order valence-electron chi connectivity index (χ4n) is 1.23. The van der Waals surface area contributed by atoms with Crippen LogP contribution in [0, 0.1) is 22.2 Å². The van der Waals surface area contributed by atoms with Crippen LogP contribution in [0.2, 0.25) is 0 Å². The van der Waals surface area contributed by atoms with Gasteiger partial charge in [-0.2, -0.15) is 5.26 Å². The van der Waals surface area contributed by atoms with E-state index in [0.717, 1.165) is 19.4 Å². The van der Waals surface area contributed by atoms with Gasteiger partial charge in [-0.05, 0) is 12.8 Å². The van der Waals surface area contributed by atoms with Gasteiger partial charge in [0.2, 0.25) is 0 Å². The summed E-state index contributed by atoms with van der Waals surface area (Å²) in [4.78, 5) is 10.1. The molecule has 0 bridgehead atoms. The van der Waals surface area contributed by atoms with Crippen LogP contribution < -0.4 is 0 Å². The molecule has 0 aromatic heterocycles. The van der Waals surface area contributed by atoms with Crippen molar-refractivity contribution in [1.29, 1.82) is 5.26 Å². The van der Waals surface area contributed by atoms with Gasteiger partial charge in [-0.3, -0.25) is 0 Å². The van der Waals surface area contributed by atoms with Crippen LogP contribution in [0.25, 0.3) is 0 Å². The zero-order valence-corrected chi connectivity index (χ0v) is 6.19. The standard InChI is InChI=1S/C7H10N2O2/c8-4-7(9-10)6-2-1-3-11-5-6/h6-7H,1-3,5H2. The highest BCUT2D eigenvalue weighted by Gasteiger charge is 2.24. The lowest BCUT2D eigenvalue weighted by atomic mass is 9.95. The van der Waals surface area contributed by atoms with Crippen LogP contribution in [0.4, 0.5) is 0 Å². The zero-order valence-electron chi connectivity index (χ0n) is 6.19. The number of nitroso groups, excluding NO2 is 1.